The smallest absolute Gasteiger partial charge is 0.239 e. The fraction of sp³-hybridized carbons (Fsp3) is 0.588. The summed E-state index contributed by atoms with van der Waals surface area (Å²) in [5.41, 5.74) is 1.35. The minimum atomic E-state index is 0.00780. The Hall–Kier alpha value is -1.39. The number of nitrogens with one attached hydrogen (secondary N) is 1. The van der Waals surface area contributed by atoms with Gasteiger partial charge in [0.1, 0.15) is 0 Å². The van der Waals surface area contributed by atoms with Gasteiger partial charge in [0.2, 0.25) is 5.91 Å². The maximum absolute atomic E-state index is 12.4. The van der Waals surface area contributed by atoms with Crippen molar-refractivity contribution in [3.05, 3.63) is 35.9 Å². The second-order valence-corrected chi connectivity index (χ2v) is 5.98. The van der Waals surface area contributed by atoms with Crippen molar-refractivity contribution in [2.75, 3.05) is 26.3 Å². The number of amides is 1. The average molecular weight is 288 g/mol. The van der Waals surface area contributed by atoms with Crippen LogP contribution in [0.3, 0.4) is 0 Å². The molecular formula is C17H24N2O2. The van der Waals surface area contributed by atoms with Crippen LogP contribution in [-0.4, -0.2) is 49.2 Å². The average Bonchev–Trinajstić information content (AvgIpc) is 3.13. The summed E-state index contributed by atoms with van der Waals surface area (Å²) in [6, 6.07) is 10.8. The van der Waals surface area contributed by atoms with E-state index >= 15 is 0 Å². The van der Waals surface area contributed by atoms with E-state index in [1.165, 1.54) is 5.56 Å². The zero-order valence-corrected chi connectivity index (χ0v) is 12.5. The van der Waals surface area contributed by atoms with Gasteiger partial charge in [0.05, 0.1) is 12.6 Å². The van der Waals surface area contributed by atoms with Gasteiger partial charge in [-0.3, -0.25) is 4.79 Å². The Kier molecular flexibility index (Phi) is 4.88. The molecule has 2 heterocycles. The minimum absolute atomic E-state index is 0.00780. The Morgan fingerprint density at radius 2 is 2.10 bits per heavy atom. The normalized spacial score (nSPS) is 25.7. The van der Waals surface area contributed by atoms with Crippen molar-refractivity contribution in [2.45, 2.75) is 37.8 Å². The van der Waals surface area contributed by atoms with Gasteiger partial charge in [0.25, 0.3) is 0 Å². The summed E-state index contributed by atoms with van der Waals surface area (Å²) in [6.07, 6.45) is 4.03. The zero-order chi connectivity index (χ0) is 14.5. The lowest BCUT2D eigenvalue weighted by molar-refractivity contribution is -0.129. The van der Waals surface area contributed by atoms with E-state index in [1.54, 1.807) is 0 Å². The molecule has 2 aliphatic heterocycles. The lowest BCUT2D eigenvalue weighted by Gasteiger charge is -2.19. The van der Waals surface area contributed by atoms with Crippen molar-refractivity contribution < 1.29 is 9.53 Å². The second kappa shape index (κ2) is 7.05. The molecule has 4 nitrogen and oxygen atoms in total. The Bertz CT molecular complexity index is 457. The van der Waals surface area contributed by atoms with E-state index in [4.69, 9.17) is 4.74 Å². The zero-order valence-electron chi connectivity index (χ0n) is 12.5. The Balaban J connectivity index is 1.41. The van der Waals surface area contributed by atoms with Gasteiger partial charge in [-0.1, -0.05) is 30.3 Å². The third kappa shape index (κ3) is 3.83. The first kappa shape index (κ1) is 14.5. The monoisotopic (exact) mass is 288 g/mol. The Morgan fingerprint density at radius 3 is 2.86 bits per heavy atom. The van der Waals surface area contributed by atoms with E-state index in [0.29, 0.717) is 6.04 Å². The van der Waals surface area contributed by atoms with Gasteiger partial charge < -0.3 is 15.0 Å². The maximum Gasteiger partial charge on any atom is 0.239 e. The first-order valence-electron chi connectivity index (χ1n) is 7.99. The molecule has 0 spiro atoms. The summed E-state index contributed by atoms with van der Waals surface area (Å²) in [5.74, 6) is 0.273. The van der Waals surface area contributed by atoms with Crippen LogP contribution in [0.5, 0.6) is 0 Å². The molecule has 1 amide bonds. The van der Waals surface area contributed by atoms with Gasteiger partial charge in [0.15, 0.2) is 0 Å². The van der Waals surface area contributed by atoms with Gasteiger partial charge >= 0.3 is 0 Å². The van der Waals surface area contributed by atoms with E-state index in [-0.39, 0.29) is 11.9 Å². The van der Waals surface area contributed by atoms with Crippen LogP contribution in [0, 0.1) is 0 Å². The minimum Gasteiger partial charge on any atom is -0.380 e. The number of nitrogens with zero attached hydrogens (tertiary/aromatic N) is 1. The highest BCUT2D eigenvalue weighted by atomic mass is 16.5. The summed E-state index contributed by atoms with van der Waals surface area (Å²) in [6.45, 7) is 3.32. The van der Waals surface area contributed by atoms with Crippen LogP contribution in [0.2, 0.25) is 0 Å². The summed E-state index contributed by atoms with van der Waals surface area (Å²) in [5, 5.41) is 3.45. The lowest BCUT2D eigenvalue weighted by Crippen LogP contribution is -2.44. The number of hydrogen-bond donors (Lipinski definition) is 1. The number of carbonyl (C=O) groups is 1. The first-order valence-corrected chi connectivity index (χ1v) is 7.99. The molecule has 0 unspecified atom stereocenters. The highest BCUT2D eigenvalue weighted by Crippen LogP contribution is 2.15. The van der Waals surface area contributed by atoms with Crippen LogP contribution in [0.25, 0.3) is 0 Å². The van der Waals surface area contributed by atoms with Crippen molar-refractivity contribution in [3.63, 3.8) is 0 Å². The van der Waals surface area contributed by atoms with Crippen molar-refractivity contribution in [1.82, 2.24) is 10.2 Å². The fourth-order valence-electron chi connectivity index (χ4n) is 3.18. The molecule has 3 rings (SSSR count). The van der Waals surface area contributed by atoms with Crippen LogP contribution >= 0.6 is 0 Å². The van der Waals surface area contributed by atoms with Crippen LogP contribution in [0.1, 0.15) is 24.8 Å². The molecule has 1 aromatic rings. The lowest BCUT2D eigenvalue weighted by atomic mass is 10.1. The Morgan fingerprint density at radius 1 is 1.24 bits per heavy atom. The molecule has 4 heteroatoms. The fourth-order valence-corrected chi connectivity index (χ4v) is 3.18. The Labute approximate surface area is 126 Å². The molecule has 2 fully saturated rings. The standard InChI is InChI=1S/C17H24N2O2/c20-17-16(18-15-9-12-21-13-15)8-11-19(17)10-4-7-14-5-2-1-3-6-14/h1-3,5-6,15-16,18H,4,7-13H2/t15-,16-/m0/s1. The van der Waals surface area contributed by atoms with E-state index in [0.717, 1.165) is 52.0 Å². The SMILES string of the molecule is O=C1[C@@H](N[C@H]2CCOC2)CCN1CCCc1ccccc1. The quantitative estimate of drug-likeness (QED) is 0.864. The molecule has 2 saturated heterocycles. The van der Waals surface area contributed by atoms with Crippen LogP contribution in [0.4, 0.5) is 0 Å². The van der Waals surface area contributed by atoms with Crippen LogP contribution < -0.4 is 5.32 Å². The summed E-state index contributed by atoms with van der Waals surface area (Å²) >= 11 is 0. The van der Waals surface area contributed by atoms with Gasteiger partial charge in [0, 0.05) is 25.7 Å². The van der Waals surface area contributed by atoms with Crippen molar-refractivity contribution >= 4 is 5.91 Å². The molecular weight excluding hydrogens is 264 g/mol. The number of rotatable bonds is 6. The molecule has 0 bridgehead atoms. The van der Waals surface area contributed by atoms with Gasteiger partial charge in [-0.05, 0) is 31.2 Å². The third-order valence-corrected chi connectivity index (χ3v) is 4.40. The molecule has 1 aromatic carbocycles. The molecule has 114 valence electrons. The summed E-state index contributed by atoms with van der Waals surface area (Å²) < 4.78 is 5.36. The van der Waals surface area contributed by atoms with E-state index < -0.39 is 0 Å². The molecule has 0 saturated carbocycles. The highest BCUT2D eigenvalue weighted by Gasteiger charge is 2.33. The van der Waals surface area contributed by atoms with Crippen molar-refractivity contribution in [3.8, 4) is 0 Å². The van der Waals surface area contributed by atoms with Gasteiger partial charge in [-0.15, -0.1) is 0 Å². The molecule has 0 aromatic heterocycles. The maximum atomic E-state index is 12.4. The summed E-state index contributed by atoms with van der Waals surface area (Å²) in [4.78, 5) is 14.4. The second-order valence-electron chi connectivity index (χ2n) is 5.98. The van der Waals surface area contributed by atoms with Gasteiger partial charge in [-0.25, -0.2) is 0 Å². The molecule has 2 atom stereocenters. The molecule has 0 radical (unpaired) electrons. The van der Waals surface area contributed by atoms with E-state index in [1.807, 2.05) is 11.0 Å². The molecule has 0 aliphatic carbocycles. The molecule has 2 aliphatic rings. The topological polar surface area (TPSA) is 41.6 Å². The van der Waals surface area contributed by atoms with Crippen molar-refractivity contribution in [2.24, 2.45) is 0 Å². The number of hydrogen-bond acceptors (Lipinski definition) is 3. The predicted molar refractivity (Wildman–Crippen MR) is 82.1 cm³/mol. The number of ether oxygens (including phenoxy) is 1. The molecule has 21 heavy (non-hydrogen) atoms. The van der Waals surface area contributed by atoms with E-state index in [9.17, 15) is 4.79 Å². The number of likely N-dealkylation sites (tertiary alicyclic amines) is 1. The van der Waals surface area contributed by atoms with Crippen LogP contribution in [0.15, 0.2) is 30.3 Å². The van der Waals surface area contributed by atoms with E-state index in [2.05, 4.69) is 29.6 Å². The largest absolute Gasteiger partial charge is 0.380 e. The van der Waals surface area contributed by atoms with Crippen molar-refractivity contribution in [1.29, 1.82) is 0 Å². The first-order chi connectivity index (χ1) is 10.3. The molecule has 1 N–H and O–H groups in total. The number of aryl methyl sites for hydroxylation is 1. The third-order valence-electron chi connectivity index (χ3n) is 4.40. The highest BCUT2D eigenvalue weighted by molar-refractivity contribution is 5.84. The number of carbonyl (C=O) groups excluding carboxylic acids is 1. The number of benzene rings is 1. The van der Waals surface area contributed by atoms with Crippen LogP contribution in [-0.2, 0) is 16.0 Å². The van der Waals surface area contributed by atoms with Gasteiger partial charge in [-0.2, -0.15) is 0 Å². The predicted octanol–water partition coefficient (Wildman–Crippen LogP) is 1.60. The summed E-state index contributed by atoms with van der Waals surface area (Å²) in [7, 11) is 0.